The Morgan fingerprint density at radius 3 is 2.25 bits per heavy atom. The zero-order valence-corrected chi connectivity index (χ0v) is 16.7. The highest BCUT2D eigenvalue weighted by atomic mass is 32.1. The monoisotopic (exact) mass is 395 g/mol. The van der Waals surface area contributed by atoms with Crippen LogP contribution in [0.4, 0.5) is 10.8 Å². The second-order valence-corrected chi connectivity index (χ2v) is 7.31. The minimum absolute atomic E-state index is 0.253. The molecule has 6 nitrogen and oxygen atoms in total. The predicted octanol–water partition coefficient (Wildman–Crippen LogP) is 4.78. The lowest BCUT2D eigenvalue weighted by molar-refractivity contribution is 0.101. The molecule has 2 aromatic carbocycles. The molecular weight excluding hydrogens is 374 g/mol. The van der Waals surface area contributed by atoms with Gasteiger partial charge in [0.1, 0.15) is 11.4 Å². The maximum Gasteiger partial charge on any atom is 0.275 e. The molecule has 1 aromatic heterocycles. The van der Waals surface area contributed by atoms with Crippen molar-refractivity contribution in [3.05, 3.63) is 70.7 Å². The van der Waals surface area contributed by atoms with Gasteiger partial charge in [-0.2, -0.15) is 0 Å². The first-order chi connectivity index (χ1) is 13.5. The van der Waals surface area contributed by atoms with Gasteiger partial charge in [-0.25, -0.2) is 4.98 Å². The number of aromatic nitrogens is 1. The van der Waals surface area contributed by atoms with Gasteiger partial charge in [0, 0.05) is 16.6 Å². The molecule has 1 heterocycles. The van der Waals surface area contributed by atoms with Crippen molar-refractivity contribution in [2.45, 2.75) is 19.8 Å². The van der Waals surface area contributed by atoms with Crippen LogP contribution >= 0.6 is 11.3 Å². The SMILES string of the molecule is COc1ccc(C(=O)Nc2nc(C(=O)Nc3ccc(C(C)C)cc3)cs2)cc1. The number of ether oxygens (including phenoxy) is 1. The van der Waals surface area contributed by atoms with Crippen LogP contribution in [0.15, 0.2) is 53.9 Å². The number of hydrogen-bond donors (Lipinski definition) is 2. The van der Waals surface area contributed by atoms with Crippen molar-refractivity contribution in [3.8, 4) is 5.75 Å². The van der Waals surface area contributed by atoms with Crippen LogP contribution in [0.1, 0.15) is 46.2 Å². The molecule has 0 fully saturated rings. The number of hydrogen-bond acceptors (Lipinski definition) is 5. The molecule has 0 saturated heterocycles. The van der Waals surface area contributed by atoms with Crippen molar-refractivity contribution in [1.29, 1.82) is 0 Å². The van der Waals surface area contributed by atoms with Gasteiger partial charge < -0.3 is 10.1 Å². The van der Waals surface area contributed by atoms with Crippen LogP contribution in [0.5, 0.6) is 5.75 Å². The first-order valence-electron chi connectivity index (χ1n) is 8.78. The lowest BCUT2D eigenvalue weighted by Crippen LogP contribution is -2.14. The standard InChI is InChI=1S/C21H21N3O3S/c1-13(2)14-4-8-16(9-5-14)22-20(26)18-12-28-21(23-18)24-19(25)15-6-10-17(27-3)11-7-15/h4-13H,1-3H3,(H,22,26)(H,23,24,25). The van der Waals surface area contributed by atoms with Crippen molar-refractivity contribution >= 4 is 34.0 Å². The third-order valence-electron chi connectivity index (χ3n) is 4.14. The zero-order chi connectivity index (χ0) is 20.1. The number of thiazole rings is 1. The molecule has 3 aromatic rings. The molecule has 3 rings (SSSR count). The Labute approximate surface area is 167 Å². The third-order valence-corrected chi connectivity index (χ3v) is 4.90. The van der Waals surface area contributed by atoms with E-state index >= 15 is 0 Å². The molecule has 0 aliphatic rings. The van der Waals surface area contributed by atoms with Crippen molar-refractivity contribution in [2.75, 3.05) is 17.7 Å². The lowest BCUT2D eigenvalue weighted by atomic mass is 10.0. The summed E-state index contributed by atoms with van der Waals surface area (Å²) < 4.78 is 5.08. The first kappa shape index (κ1) is 19.6. The topological polar surface area (TPSA) is 80.3 Å². The van der Waals surface area contributed by atoms with Crippen LogP contribution in [0, 0.1) is 0 Å². The first-order valence-corrected chi connectivity index (χ1v) is 9.66. The minimum Gasteiger partial charge on any atom is -0.497 e. The van der Waals surface area contributed by atoms with Gasteiger partial charge >= 0.3 is 0 Å². The Morgan fingerprint density at radius 1 is 0.964 bits per heavy atom. The average Bonchev–Trinajstić information content (AvgIpc) is 3.17. The Hall–Kier alpha value is -3.19. The fourth-order valence-corrected chi connectivity index (χ4v) is 3.18. The number of anilines is 2. The van der Waals surface area contributed by atoms with E-state index in [-0.39, 0.29) is 17.5 Å². The molecule has 28 heavy (non-hydrogen) atoms. The second-order valence-electron chi connectivity index (χ2n) is 6.45. The summed E-state index contributed by atoms with van der Waals surface area (Å²) in [6.45, 7) is 4.23. The Kier molecular flexibility index (Phi) is 6.06. The Balaban J connectivity index is 1.62. The smallest absolute Gasteiger partial charge is 0.275 e. The van der Waals surface area contributed by atoms with Gasteiger partial charge in [0.15, 0.2) is 5.13 Å². The summed E-state index contributed by atoms with van der Waals surface area (Å²) in [7, 11) is 1.57. The van der Waals surface area contributed by atoms with Crippen LogP contribution in [0.25, 0.3) is 0 Å². The highest BCUT2D eigenvalue weighted by Gasteiger charge is 2.14. The Bertz CT molecular complexity index is 963. The molecule has 0 saturated carbocycles. The maximum absolute atomic E-state index is 12.4. The Morgan fingerprint density at radius 2 is 1.64 bits per heavy atom. The number of rotatable bonds is 6. The number of nitrogens with zero attached hydrogens (tertiary/aromatic N) is 1. The van der Waals surface area contributed by atoms with Gasteiger partial charge in [-0.05, 0) is 47.9 Å². The van der Waals surface area contributed by atoms with Crippen molar-refractivity contribution in [3.63, 3.8) is 0 Å². The van der Waals surface area contributed by atoms with Gasteiger partial charge in [-0.15, -0.1) is 11.3 Å². The van der Waals surface area contributed by atoms with E-state index in [9.17, 15) is 9.59 Å². The van der Waals surface area contributed by atoms with E-state index in [0.717, 1.165) is 0 Å². The average molecular weight is 395 g/mol. The molecular formula is C21H21N3O3S. The lowest BCUT2D eigenvalue weighted by Gasteiger charge is -2.07. The summed E-state index contributed by atoms with van der Waals surface area (Å²) in [6, 6.07) is 14.5. The van der Waals surface area contributed by atoms with Crippen molar-refractivity contribution in [2.24, 2.45) is 0 Å². The number of carbonyl (C=O) groups is 2. The van der Waals surface area contributed by atoms with Crippen LogP contribution < -0.4 is 15.4 Å². The van der Waals surface area contributed by atoms with E-state index in [1.54, 1.807) is 36.8 Å². The third kappa shape index (κ3) is 4.75. The second kappa shape index (κ2) is 8.67. The van der Waals surface area contributed by atoms with Crippen LogP contribution in [0.2, 0.25) is 0 Å². The van der Waals surface area contributed by atoms with Crippen molar-refractivity contribution in [1.82, 2.24) is 4.98 Å². The van der Waals surface area contributed by atoms with Crippen LogP contribution in [-0.4, -0.2) is 23.9 Å². The summed E-state index contributed by atoms with van der Waals surface area (Å²) in [5.41, 5.74) is 2.64. The fraction of sp³-hybridized carbons (Fsp3) is 0.190. The van der Waals surface area contributed by atoms with Gasteiger partial charge in [-0.1, -0.05) is 26.0 Å². The molecule has 0 aliphatic carbocycles. The van der Waals surface area contributed by atoms with Gasteiger partial charge in [0.2, 0.25) is 0 Å². The molecule has 2 N–H and O–H groups in total. The molecule has 0 atom stereocenters. The fourth-order valence-electron chi connectivity index (χ4n) is 2.49. The number of benzene rings is 2. The molecule has 0 bridgehead atoms. The summed E-state index contributed by atoms with van der Waals surface area (Å²) in [5, 5.41) is 7.49. The van der Waals surface area contributed by atoms with Crippen LogP contribution in [0.3, 0.4) is 0 Å². The van der Waals surface area contributed by atoms with Gasteiger partial charge in [0.05, 0.1) is 7.11 Å². The molecule has 0 unspecified atom stereocenters. The largest absolute Gasteiger partial charge is 0.497 e. The summed E-state index contributed by atoms with van der Waals surface area (Å²) in [6.07, 6.45) is 0. The summed E-state index contributed by atoms with van der Waals surface area (Å²) >= 11 is 1.20. The quantitative estimate of drug-likeness (QED) is 0.629. The van der Waals surface area contributed by atoms with Crippen LogP contribution in [-0.2, 0) is 0 Å². The number of nitrogens with one attached hydrogen (secondary N) is 2. The molecule has 0 aliphatic heterocycles. The van der Waals surface area contributed by atoms with Gasteiger partial charge in [-0.3, -0.25) is 14.9 Å². The van der Waals surface area contributed by atoms with E-state index in [0.29, 0.717) is 28.0 Å². The van der Waals surface area contributed by atoms with E-state index < -0.39 is 0 Å². The van der Waals surface area contributed by atoms with E-state index in [1.165, 1.54) is 16.9 Å². The van der Waals surface area contributed by atoms with E-state index in [2.05, 4.69) is 29.5 Å². The van der Waals surface area contributed by atoms with Crippen molar-refractivity contribution < 1.29 is 14.3 Å². The summed E-state index contributed by atoms with van der Waals surface area (Å²) in [5.74, 6) is 0.484. The zero-order valence-electron chi connectivity index (χ0n) is 15.9. The molecule has 7 heteroatoms. The minimum atomic E-state index is -0.321. The summed E-state index contributed by atoms with van der Waals surface area (Å²) in [4.78, 5) is 28.9. The molecule has 0 radical (unpaired) electrons. The molecule has 0 spiro atoms. The molecule has 144 valence electrons. The normalized spacial score (nSPS) is 10.6. The number of carbonyl (C=O) groups excluding carboxylic acids is 2. The number of amides is 2. The van der Waals surface area contributed by atoms with Gasteiger partial charge in [0.25, 0.3) is 11.8 Å². The van der Waals surface area contributed by atoms with E-state index in [1.807, 2.05) is 24.3 Å². The predicted molar refractivity (Wildman–Crippen MR) is 112 cm³/mol. The highest BCUT2D eigenvalue weighted by Crippen LogP contribution is 2.20. The highest BCUT2D eigenvalue weighted by molar-refractivity contribution is 7.14. The number of methoxy groups -OCH3 is 1. The molecule has 2 amide bonds. The van der Waals surface area contributed by atoms with E-state index in [4.69, 9.17) is 4.74 Å². The maximum atomic E-state index is 12.4.